The Hall–Kier alpha value is -4.53. The third kappa shape index (κ3) is 7.40. The van der Waals surface area contributed by atoms with Gasteiger partial charge in [0.1, 0.15) is 34.0 Å². The van der Waals surface area contributed by atoms with Crippen molar-refractivity contribution in [3.63, 3.8) is 0 Å². The van der Waals surface area contributed by atoms with E-state index in [1.165, 1.54) is 42.6 Å². The lowest BCUT2D eigenvalue weighted by Crippen LogP contribution is -2.16. The number of thiazole rings is 1. The lowest BCUT2D eigenvalue weighted by molar-refractivity contribution is -0.136. The minimum Gasteiger partial charge on any atom is -0.497 e. The van der Waals surface area contributed by atoms with Gasteiger partial charge in [-0.2, -0.15) is 10.5 Å². The fourth-order valence-electron chi connectivity index (χ4n) is 3.42. The maximum absolute atomic E-state index is 11.3. The number of benzene rings is 1. The third-order valence-electron chi connectivity index (χ3n) is 5.38. The Morgan fingerprint density at radius 1 is 1.05 bits per heavy atom. The second-order valence-electron chi connectivity index (χ2n) is 7.91. The maximum Gasteiger partial charge on any atom is 0.355 e. The van der Waals surface area contributed by atoms with Crippen LogP contribution in [-0.2, 0) is 9.53 Å². The Labute approximate surface area is 258 Å². The highest BCUT2D eigenvalue weighted by Crippen LogP contribution is 2.32. The van der Waals surface area contributed by atoms with Crippen LogP contribution in [0, 0.1) is 22.7 Å². The van der Waals surface area contributed by atoms with E-state index in [4.69, 9.17) is 27.9 Å². The lowest BCUT2D eigenvalue weighted by atomic mass is 10.1. The van der Waals surface area contributed by atoms with Crippen LogP contribution in [0.1, 0.15) is 22.3 Å². The molecular weight excluding hydrogens is 619 g/mol. The second-order valence-corrected chi connectivity index (χ2v) is 10.4. The van der Waals surface area contributed by atoms with Crippen LogP contribution in [0.4, 0.5) is 0 Å². The van der Waals surface area contributed by atoms with Gasteiger partial charge in [0.25, 0.3) is 0 Å². The number of thioether (sulfide) groups is 1. The van der Waals surface area contributed by atoms with E-state index in [1.807, 2.05) is 35.7 Å². The molecule has 42 heavy (non-hydrogen) atoms. The number of rotatable bonds is 6. The molecule has 0 radical (unpaired) electrons. The zero-order chi connectivity index (χ0) is 30.1. The second kappa shape index (κ2) is 14.4. The topological polar surface area (TPSA) is 160 Å². The number of hydrogen-bond donors (Lipinski definition) is 1. The molecule has 1 atom stereocenters. The van der Waals surface area contributed by atoms with Crippen LogP contribution in [0.15, 0.2) is 70.3 Å². The van der Waals surface area contributed by atoms with Gasteiger partial charge in [0.05, 0.1) is 42.4 Å². The number of methoxy groups -OCH3 is 2. The summed E-state index contributed by atoms with van der Waals surface area (Å²) in [7, 11) is 2.91. The van der Waals surface area contributed by atoms with Gasteiger partial charge in [-0.05, 0) is 47.5 Å². The van der Waals surface area contributed by atoms with Gasteiger partial charge >= 0.3 is 5.97 Å². The Bertz CT molecular complexity index is 1760. The molecule has 0 fully saturated rings. The Kier molecular flexibility index (Phi) is 10.4. The third-order valence-corrected chi connectivity index (χ3v) is 7.55. The number of esters is 1. The van der Waals surface area contributed by atoms with Crippen molar-refractivity contribution in [2.75, 3.05) is 14.2 Å². The normalized spacial score (nSPS) is 13.7. The van der Waals surface area contributed by atoms with Gasteiger partial charge in [0, 0.05) is 28.7 Å². The Balaban J connectivity index is 0.000000197. The number of allylic oxidation sites excluding steroid dienone is 1. The molecule has 0 spiro atoms. The molecule has 4 heterocycles. The van der Waals surface area contributed by atoms with E-state index in [0.717, 1.165) is 17.0 Å². The first-order valence-corrected chi connectivity index (χ1v) is 14.2. The predicted molar refractivity (Wildman–Crippen MR) is 159 cm³/mol. The number of carbonyl (C=O) groups excluding carboxylic acids is 1. The number of carbonyl (C=O) groups is 1. The first-order valence-electron chi connectivity index (χ1n) is 11.7. The Morgan fingerprint density at radius 2 is 1.81 bits per heavy atom. The maximum atomic E-state index is 11.3. The first kappa shape index (κ1) is 30.4. The smallest absolute Gasteiger partial charge is 0.355 e. The fourth-order valence-corrected chi connectivity index (χ4v) is 5.43. The summed E-state index contributed by atoms with van der Waals surface area (Å²) < 4.78 is 9.81. The number of aromatic nitrogens is 5. The number of nitrogens with one attached hydrogen (secondary N) is 1. The quantitative estimate of drug-likeness (QED) is 0.159. The molecule has 0 amide bonds. The van der Waals surface area contributed by atoms with E-state index < -0.39 is 11.9 Å². The van der Waals surface area contributed by atoms with E-state index in [1.54, 1.807) is 24.7 Å². The van der Waals surface area contributed by atoms with Gasteiger partial charge in [-0.3, -0.25) is 0 Å². The SMILES string of the molecule is COC(=O)C1=CSC(=C(C#N)c2ccnc(Cl)n2)N1.COc1cccc(-c2csc(C(C#N)c3ccnc(Cl)n3)n2)c1. The molecule has 1 unspecified atom stereocenters. The van der Waals surface area contributed by atoms with Gasteiger partial charge in [0.2, 0.25) is 10.6 Å². The van der Waals surface area contributed by atoms with Crippen LogP contribution in [0.3, 0.4) is 0 Å². The average molecular weight is 638 g/mol. The van der Waals surface area contributed by atoms with Crippen LogP contribution >= 0.6 is 46.3 Å². The summed E-state index contributed by atoms with van der Waals surface area (Å²) >= 11 is 14.1. The minimum absolute atomic E-state index is 0.0509. The zero-order valence-electron chi connectivity index (χ0n) is 21.8. The van der Waals surface area contributed by atoms with Gasteiger partial charge in [-0.25, -0.2) is 29.7 Å². The van der Waals surface area contributed by atoms with Crippen molar-refractivity contribution in [2.24, 2.45) is 0 Å². The number of nitrogens with zero attached hydrogens (tertiary/aromatic N) is 7. The standard InChI is InChI=1S/C16H11ClN4OS.C11H7ClN4O2S/c1-22-11-4-2-3-10(7-11)14-9-23-15(20-14)12(8-18)13-5-6-19-16(17)21-13;1-18-10(17)8-5-19-9(15-8)6(4-13)7-2-3-14-11(12)16-7/h2-7,9,12H,1H3;2-3,5,15H,1H3. The van der Waals surface area contributed by atoms with E-state index in [9.17, 15) is 15.3 Å². The summed E-state index contributed by atoms with van der Waals surface area (Å²) in [6, 6.07) is 15.1. The van der Waals surface area contributed by atoms with E-state index in [2.05, 4.69) is 41.0 Å². The largest absolute Gasteiger partial charge is 0.497 e. The van der Waals surface area contributed by atoms with Gasteiger partial charge in [-0.15, -0.1) is 11.3 Å². The zero-order valence-corrected chi connectivity index (χ0v) is 24.9. The Morgan fingerprint density at radius 3 is 2.48 bits per heavy atom. The molecule has 210 valence electrons. The van der Waals surface area contributed by atoms with Crippen molar-refractivity contribution in [3.8, 4) is 29.1 Å². The van der Waals surface area contributed by atoms with Crippen LogP contribution in [-0.4, -0.2) is 45.1 Å². The number of halogens is 2. The number of ether oxygens (including phenoxy) is 2. The summed E-state index contributed by atoms with van der Waals surface area (Å²) in [5.74, 6) is -0.308. The van der Waals surface area contributed by atoms with Crippen LogP contribution in [0.5, 0.6) is 5.75 Å². The predicted octanol–water partition coefficient (Wildman–Crippen LogP) is 5.59. The molecule has 1 aliphatic heterocycles. The number of hydrogen-bond acceptors (Lipinski definition) is 13. The van der Waals surface area contributed by atoms with Gasteiger partial charge in [0.15, 0.2) is 0 Å². The molecule has 11 nitrogen and oxygen atoms in total. The highest BCUT2D eigenvalue weighted by atomic mass is 35.5. The molecule has 0 bridgehead atoms. The van der Waals surface area contributed by atoms with Gasteiger partial charge < -0.3 is 14.8 Å². The first-order chi connectivity index (χ1) is 20.4. The van der Waals surface area contributed by atoms with Gasteiger partial charge in [-0.1, -0.05) is 23.9 Å². The molecule has 4 aromatic rings. The summed E-state index contributed by atoms with van der Waals surface area (Å²) in [4.78, 5) is 31.6. The van der Waals surface area contributed by atoms with Crippen molar-refractivity contribution in [3.05, 3.63) is 97.3 Å². The van der Waals surface area contributed by atoms with Crippen LogP contribution in [0.25, 0.3) is 16.8 Å². The van der Waals surface area contributed by atoms with Crippen molar-refractivity contribution in [2.45, 2.75) is 5.92 Å². The highest BCUT2D eigenvalue weighted by Gasteiger charge is 2.22. The molecule has 0 saturated heterocycles. The van der Waals surface area contributed by atoms with Crippen molar-refractivity contribution in [1.82, 2.24) is 30.2 Å². The summed E-state index contributed by atoms with van der Waals surface area (Å²) in [5.41, 5.74) is 3.21. The molecule has 15 heteroatoms. The van der Waals surface area contributed by atoms with E-state index in [-0.39, 0.29) is 21.8 Å². The summed E-state index contributed by atoms with van der Waals surface area (Å²) in [6.45, 7) is 0. The molecule has 0 aliphatic carbocycles. The molecule has 5 rings (SSSR count). The number of nitriles is 2. The van der Waals surface area contributed by atoms with E-state index >= 15 is 0 Å². The van der Waals surface area contributed by atoms with E-state index in [0.29, 0.717) is 21.4 Å². The minimum atomic E-state index is -0.570. The average Bonchev–Trinajstić information content (AvgIpc) is 3.69. The molecule has 1 aliphatic rings. The fraction of sp³-hybridized carbons (Fsp3) is 0.111. The van der Waals surface area contributed by atoms with Crippen LogP contribution < -0.4 is 10.1 Å². The monoisotopic (exact) mass is 636 g/mol. The van der Waals surface area contributed by atoms with Crippen LogP contribution in [0.2, 0.25) is 10.6 Å². The van der Waals surface area contributed by atoms with Crippen molar-refractivity contribution >= 4 is 57.8 Å². The molecule has 1 N–H and O–H groups in total. The van der Waals surface area contributed by atoms with Crippen molar-refractivity contribution in [1.29, 1.82) is 10.5 Å². The molecule has 3 aromatic heterocycles. The molecular formula is C27H18Cl2N8O3S2. The molecule has 1 aromatic carbocycles. The van der Waals surface area contributed by atoms with Crippen molar-refractivity contribution < 1.29 is 14.3 Å². The summed E-state index contributed by atoms with van der Waals surface area (Å²) in [5, 5.41) is 26.3. The summed E-state index contributed by atoms with van der Waals surface area (Å²) in [6.07, 6.45) is 2.99. The highest BCUT2D eigenvalue weighted by molar-refractivity contribution is 8.06. The lowest BCUT2D eigenvalue weighted by Gasteiger charge is -2.05. The molecule has 0 saturated carbocycles.